The Morgan fingerprint density at radius 2 is 1.72 bits per heavy atom. The van der Waals surface area contributed by atoms with E-state index in [1.54, 1.807) is 58.7 Å². The maximum absolute atomic E-state index is 14.8. The SMILES string of the molecule is O=S(=O)(c1ccc(N=c2scc(-c3ccccc3F)n2N=Cc2c[nH]c3ccccc23)cc1)N1CCOCC1. The molecule has 6 rings (SSSR count). The van der Waals surface area contributed by atoms with E-state index in [9.17, 15) is 12.8 Å². The lowest BCUT2D eigenvalue weighted by Crippen LogP contribution is -2.40. The fraction of sp³-hybridized carbons (Fsp3) is 0.143. The van der Waals surface area contributed by atoms with E-state index < -0.39 is 10.0 Å². The molecule has 3 aromatic carbocycles. The van der Waals surface area contributed by atoms with Crippen LogP contribution in [0.15, 0.2) is 99.4 Å². The van der Waals surface area contributed by atoms with Gasteiger partial charge in [-0.15, -0.1) is 11.3 Å². The van der Waals surface area contributed by atoms with Crippen LogP contribution in [0.3, 0.4) is 0 Å². The summed E-state index contributed by atoms with van der Waals surface area (Å²) in [6.45, 7) is 1.43. The Morgan fingerprint density at radius 3 is 2.51 bits per heavy atom. The Kier molecular flexibility index (Phi) is 6.96. The molecule has 0 spiro atoms. The van der Waals surface area contributed by atoms with Gasteiger partial charge in [0.1, 0.15) is 5.82 Å². The van der Waals surface area contributed by atoms with E-state index in [1.807, 2.05) is 30.5 Å². The minimum atomic E-state index is -3.61. The number of para-hydroxylation sites is 1. The van der Waals surface area contributed by atoms with Crippen molar-refractivity contribution in [1.29, 1.82) is 0 Å². The van der Waals surface area contributed by atoms with E-state index in [2.05, 4.69) is 4.98 Å². The fourth-order valence-corrected chi connectivity index (χ4v) is 6.66. The van der Waals surface area contributed by atoms with Gasteiger partial charge in [-0.05, 0) is 42.5 Å². The molecule has 0 saturated carbocycles. The molecule has 1 fully saturated rings. The molecule has 0 unspecified atom stereocenters. The van der Waals surface area contributed by atoms with Crippen LogP contribution in [0.25, 0.3) is 22.2 Å². The summed E-state index contributed by atoms with van der Waals surface area (Å²) in [5.74, 6) is -0.365. The van der Waals surface area contributed by atoms with Crippen LogP contribution in [0, 0.1) is 5.82 Å². The maximum Gasteiger partial charge on any atom is 0.243 e. The predicted molar refractivity (Wildman–Crippen MR) is 150 cm³/mol. The quantitative estimate of drug-likeness (QED) is 0.297. The zero-order valence-electron chi connectivity index (χ0n) is 20.7. The number of benzene rings is 3. The molecule has 39 heavy (non-hydrogen) atoms. The summed E-state index contributed by atoms with van der Waals surface area (Å²) < 4.78 is 49.0. The van der Waals surface area contributed by atoms with Crippen molar-refractivity contribution >= 4 is 44.2 Å². The Labute approximate surface area is 228 Å². The molecule has 1 N–H and O–H groups in total. The van der Waals surface area contributed by atoms with Gasteiger partial charge in [0.15, 0.2) is 0 Å². The van der Waals surface area contributed by atoms with Gasteiger partial charge in [-0.1, -0.05) is 30.3 Å². The first-order valence-corrected chi connectivity index (χ1v) is 14.6. The average molecular weight is 562 g/mol. The molecule has 11 heteroatoms. The number of sulfonamides is 1. The van der Waals surface area contributed by atoms with Gasteiger partial charge in [0, 0.05) is 46.7 Å². The summed E-state index contributed by atoms with van der Waals surface area (Å²) in [5, 5.41) is 7.52. The molecule has 1 saturated heterocycles. The lowest BCUT2D eigenvalue weighted by atomic mass is 10.1. The van der Waals surface area contributed by atoms with Crippen LogP contribution in [0.2, 0.25) is 0 Å². The number of hydrogen-bond acceptors (Lipinski definition) is 6. The Morgan fingerprint density at radius 1 is 0.974 bits per heavy atom. The molecule has 0 bridgehead atoms. The number of fused-ring (bicyclic) bond motifs is 1. The van der Waals surface area contributed by atoms with Gasteiger partial charge in [0.2, 0.25) is 14.8 Å². The first-order chi connectivity index (χ1) is 19.0. The van der Waals surface area contributed by atoms with Crippen molar-refractivity contribution in [2.24, 2.45) is 10.1 Å². The van der Waals surface area contributed by atoms with Gasteiger partial charge in [-0.25, -0.2) is 22.5 Å². The molecule has 0 amide bonds. The third-order valence-corrected chi connectivity index (χ3v) is 9.17. The zero-order valence-corrected chi connectivity index (χ0v) is 22.3. The second-order valence-electron chi connectivity index (χ2n) is 8.85. The van der Waals surface area contributed by atoms with Gasteiger partial charge in [-0.2, -0.15) is 9.41 Å². The Balaban J connectivity index is 1.40. The number of nitrogens with zero attached hydrogens (tertiary/aromatic N) is 4. The van der Waals surface area contributed by atoms with Crippen LogP contribution in [0.1, 0.15) is 5.56 Å². The average Bonchev–Trinajstić information content (AvgIpc) is 3.56. The predicted octanol–water partition coefficient (Wildman–Crippen LogP) is 4.97. The minimum absolute atomic E-state index is 0.201. The number of aromatic nitrogens is 2. The highest BCUT2D eigenvalue weighted by Crippen LogP contribution is 2.25. The van der Waals surface area contributed by atoms with Crippen molar-refractivity contribution in [2.45, 2.75) is 4.90 Å². The number of halogens is 1. The second-order valence-corrected chi connectivity index (χ2v) is 11.6. The van der Waals surface area contributed by atoms with E-state index in [0.29, 0.717) is 48.0 Å². The molecule has 0 atom stereocenters. The molecule has 3 heterocycles. The van der Waals surface area contributed by atoms with Crippen LogP contribution >= 0.6 is 11.3 Å². The third kappa shape index (κ3) is 5.09. The van der Waals surface area contributed by atoms with Crippen LogP contribution in [-0.2, 0) is 14.8 Å². The summed E-state index contributed by atoms with van der Waals surface area (Å²) in [7, 11) is -3.61. The van der Waals surface area contributed by atoms with Crippen molar-refractivity contribution in [1.82, 2.24) is 14.0 Å². The van der Waals surface area contributed by atoms with Crippen molar-refractivity contribution in [3.05, 3.63) is 101 Å². The third-order valence-electron chi connectivity index (χ3n) is 6.44. The zero-order chi connectivity index (χ0) is 26.8. The lowest BCUT2D eigenvalue weighted by Gasteiger charge is -2.26. The molecular weight excluding hydrogens is 537 g/mol. The molecule has 5 aromatic rings. The van der Waals surface area contributed by atoms with Crippen LogP contribution in [0.4, 0.5) is 10.1 Å². The van der Waals surface area contributed by atoms with E-state index in [1.165, 1.54) is 21.7 Å². The number of H-pyrrole nitrogens is 1. The maximum atomic E-state index is 14.8. The van der Waals surface area contributed by atoms with E-state index in [-0.39, 0.29) is 10.7 Å². The normalized spacial score (nSPS) is 15.5. The van der Waals surface area contributed by atoms with E-state index in [4.69, 9.17) is 14.8 Å². The summed E-state index contributed by atoms with van der Waals surface area (Å²) in [5.41, 5.74) is 3.37. The van der Waals surface area contributed by atoms with Gasteiger partial charge in [0.05, 0.1) is 35.7 Å². The van der Waals surface area contributed by atoms with Crippen molar-refractivity contribution in [3.63, 3.8) is 0 Å². The number of ether oxygens (including phenoxy) is 1. The van der Waals surface area contributed by atoms with E-state index >= 15 is 0 Å². The van der Waals surface area contributed by atoms with Gasteiger partial charge >= 0.3 is 0 Å². The van der Waals surface area contributed by atoms with Crippen molar-refractivity contribution in [3.8, 4) is 11.3 Å². The van der Waals surface area contributed by atoms with Gasteiger partial charge in [0.25, 0.3) is 0 Å². The highest BCUT2D eigenvalue weighted by molar-refractivity contribution is 7.89. The highest BCUT2D eigenvalue weighted by Gasteiger charge is 2.26. The van der Waals surface area contributed by atoms with Crippen molar-refractivity contribution in [2.75, 3.05) is 26.3 Å². The minimum Gasteiger partial charge on any atom is -0.379 e. The summed E-state index contributed by atoms with van der Waals surface area (Å²) >= 11 is 1.32. The molecular formula is C28H24FN5O3S2. The number of hydrogen-bond donors (Lipinski definition) is 1. The number of thiazole rings is 1. The number of morpholine rings is 1. The lowest BCUT2D eigenvalue weighted by molar-refractivity contribution is 0.0730. The molecule has 2 aromatic heterocycles. The molecule has 198 valence electrons. The first kappa shape index (κ1) is 25.4. The van der Waals surface area contributed by atoms with Crippen LogP contribution in [0.5, 0.6) is 0 Å². The smallest absolute Gasteiger partial charge is 0.243 e. The number of rotatable bonds is 6. The topological polar surface area (TPSA) is 92.0 Å². The van der Waals surface area contributed by atoms with Gasteiger partial charge in [-0.3, -0.25) is 0 Å². The first-order valence-electron chi connectivity index (χ1n) is 12.3. The van der Waals surface area contributed by atoms with Gasteiger partial charge < -0.3 is 9.72 Å². The fourth-order valence-electron chi connectivity index (χ4n) is 4.40. The van der Waals surface area contributed by atoms with Crippen LogP contribution in [-0.4, -0.2) is 54.9 Å². The molecule has 1 aliphatic rings. The monoisotopic (exact) mass is 561 g/mol. The summed E-state index contributed by atoms with van der Waals surface area (Å²) in [4.78, 5) is 8.66. The molecule has 1 aliphatic heterocycles. The highest BCUT2D eigenvalue weighted by atomic mass is 32.2. The molecule has 8 nitrogen and oxygen atoms in total. The largest absolute Gasteiger partial charge is 0.379 e. The standard InChI is InChI=1S/C28H24FN5O3S2/c29-25-7-3-1-6-24(25)27-19-38-28(34(27)31-18-20-17-30-26-8-4-2-5-23(20)26)32-21-9-11-22(12-10-21)39(35,36)33-13-15-37-16-14-33/h1-12,17-19,30H,13-16H2. The van der Waals surface area contributed by atoms with Crippen LogP contribution < -0.4 is 4.80 Å². The summed E-state index contributed by atoms with van der Waals surface area (Å²) in [6, 6.07) is 20.8. The molecule has 0 aliphatic carbocycles. The van der Waals surface area contributed by atoms with E-state index in [0.717, 1.165) is 16.5 Å². The number of aromatic amines is 1. The number of nitrogens with one attached hydrogen (secondary N) is 1. The second kappa shape index (κ2) is 10.7. The molecule has 0 radical (unpaired) electrons. The van der Waals surface area contributed by atoms with Crippen molar-refractivity contribution < 1.29 is 17.5 Å². The Hall–Kier alpha value is -3.90. The summed E-state index contributed by atoms with van der Waals surface area (Å²) in [6.07, 6.45) is 3.58. The Bertz CT molecular complexity index is 1830.